The van der Waals surface area contributed by atoms with Crippen molar-refractivity contribution in [3.63, 3.8) is 0 Å². The average Bonchev–Trinajstić information content (AvgIpc) is 2.67. The van der Waals surface area contributed by atoms with Gasteiger partial charge in [-0.05, 0) is 50.6 Å². The first-order chi connectivity index (χ1) is 13.6. The Hall–Kier alpha value is -2.74. The third-order valence-electron chi connectivity index (χ3n) is 4.36. The van der Waals surface area contributed by atoms with Crippen molar-refractivity contribution in [3.05, 3.63) is 65.5 Å². The number of carbonyl (C=O) groups excluding carboxylic acids is 2. The maximum Gasteiger partial charge on any atom is 0.307 e. The smallest absolute Gasteiger partial charge is 0.307 e. The van der Waals surface area contributed by atoms with Gasteiger partial charge in [-0.1, -0.05) is 29.8 Å². The zero-order valence-electron chi connectivity index (χ0n) is 16.5. The maximum atomic E-state index is 13.0. The Bertz CT molecular complexity index is 956. The summed E-state index contributed by atoms with van der Waals surface area (Å²) >= 11 is 0. The van der Waals surface area contributed by atoms with E-state index in [1.807, 2.05) is 6.92 Å². The molecule has 8 heteroatoms. The van der Waals surface area contributed by atoms with Gasteiger partial charge in [0.1, 0.15) is 5.82 Å². The van der Waals surface area contributed by atoms with Crippen LogP contribution in [0.5, 0.6) is 0 Å². The average molecular weight is 421 g/mol. The lowest BCUT2D eigenvalue weighted by atomic mass is 10.1. The van der Waals surface area contributed by atoms with Crippen LogP contribution < -0.4 is 5.32 Å². The van der Waals surface area contributed by atoms with Crippen LogP contribution in [0.3, 0.4) is 0 Å². The number of benzene rings is 2. The molecule has 29 heavy (non-hydrogen) atoms. The minimum Gasteiger partial charge on any atom is -0.453 e. The highest BCUT2D eigenvalue weighted by molar-refractivity contribution is 7.91. The fourth-order valence-corrected chi connectivity index (χ4v) is 3.78. The summed E-state index contributed by atoms with van der Waals surface area (Å²) in [6.07, 6.45) is -1.45. The maximum absolute atomic E-state index is 13.0. The summed E-state index contributed by atoms with van der Waals surface area (Å²) < 4.78 is 42.6. The lowest BCUT2D eigenvalue weighted by Gasteiger charge is -2.18. The van der Waals surface area contributed by atoms with E-state index in [4.69, 9.17) is 4.74 Å². The molecule has 0 unspecified atom stereocenters. The molecule has 0 bridgehead atoms. The van der Waals surface area contributed by atoms with Crippen molar-refractivity contribution in [2.45, 2.75) is 44.2 Å². The summed E-state index contributed by atoms with van der Waals surface area (Å²) in [7, 11) is -3.62. The third-order valence-corrected chi connectivity index (χ3v) is 6.09. The van der Waals surface area contributed by atoms with Gasteiger partial charge in [0.25, 0.3) is 5.91 Å². The zero-order chi connectivity index (χ0) is 21.6. The van der Waals surface area contributed by atoms with E-state index in [1.165, 1.54) is 31.2 Å². The van der Waals surface area contributed by atoms with Crippen LogP contribution in [-0.2, 0) is 24.2 Å². The van der Waals surface area contributed by atoms with Crippen LogP contribution in [0, 0.1) is 12.7 Å². The number of aryl methyl sites for hydroxylation is 1. The van der Waals surface area contributed by atoms with E-state index in [0.717, 1.165) is 5.56 Å². The van der Waals surface area contributed by atoms with E-state index < -0.39 is 39.6 Å². The number of hydrogen-bond donors (Lipinski definition) is 1. The molecule has 2 atom stereocenters. The molecule has 2 aromatic carbocycles. The predicted molar refractivity (Wildman–Crippen MR) is 106 cm³/mol. The van der Waals surface area contributed by atoms with E-state index in [0.29, 0.717) is 5.56 Å². The summed E-state index contributed by atoms with van der Waals surface area (Å²) in [6, 6.07) is 11.6. The van der Waals surface area contributed by atoms with Gasteiger partial charge < -0.3 is 10.1 Å². The first-order valence-electron chi connectivity index (χ1n) is 9.13. The topological polar surface area (TPSA) is 89.5 Å². The standard InChI is InChI=1S/C21H24FNO5S/c1-14-4-10-19(11-5-14)29(26,27)13-12-20(24)28-16(3)21(25)23-15(2)17-6-8-18(22)9-7-17/h4-11,15-16H,12-13H2,1-3H3,(H,23,25)/t15-,16-/m0/s1. The van der Waals surface area contributed by atoms with Crippen molar-refractivity contribution in [3.8, 4) is 0 Å². The van der Waals surface area contributed by atoms with Gasteiger partial charge in [0.05, 0.1) is 23.1 Å². The van der Waals surface area contributed by atoms with Crippen LogP contribution >= 0.6 is 0 Å². The van der Waals surface area contributed by atoms with Gasteiger partial charge in [-0.2, -0.15) is 0 Å². The lowest BCUT2D eigenvalue weighted by molar-refractivity contribution is -0.154. The summed E-state index contributed by atoms with van der Waals surface area (Å²) in [5, 5.41) is 2.67. The quantitative estimate of drug-likeness (QED) is 0.662. The molecular weight excluding hydrogens is 397 g/mol. The Morgan fingerprint density at radius 1 is 1.03 bits per heavy atom. The summed E-state index contributed by atoms with van der Waals surface area (Å²) in [5.74, 6) is -2.10. The first kappa shape index (κ1) is 22.5. The molecule has 0 aliphatic rings. The number of carbonyl (C=O) groups is 2. The highest BCUT2D eigenvalue weighted by Crippen LogP contribution is 2.15. The van der Waals surface area contributed by atoms with Crippen molar-refractivity contribution >= 4 is 21.7 Å². The third kappa shape index (κ3) is 6.67. The predicted octanol–water partition coefficient (Wildman–Crippen LogP) is 3.11. The molecule has 0 aliphatic heterocycles. The van der Waals surface area contributed by atoms with Crippen molar-refractivity contribution < 1.29 is 27.1 Å². The molecule has 2 rings (SSSR count). The Morgan fingerprint density at radius 3 is 2.21 bits per heavy atom. The molecular formula is C21H24FNO5S. The van der Waals surface area contributed by atoms with Gasteiger partial charge in [0.2, 0.25) is 0 Å². The van der Waals surface area contributed by atoms with Gasteiger partial charge in [-0.25, -0.2) is 12.8 Å². The number of nitrogens with one attached hydrogen (secondary N) is 1. The number of amides is 1. The number of sulfone groups is 1. The van der Waals surface area contributed by atoms with Gasteiger partial charge in [-0.3, -0.25) is 9.59 Å². The van der Waals surface area contributed by atoms with Crippen LogP contribution in [0.2, 0.25) is 0 Å². The molecule has 0 aromatic heterocycles. The molecule has 1 amide bonds. The van der Waals surface area contributed by atoms with Crippen LogP contribution in [0.1, 0.15) is 37.4 Å². The monoisotopic (exact) mass is 421 g/mol. The number of rotatable bonds is 8. The lowest BCUT2D eigenvalue weighted by Crippen LogP contribution is -2.37. The first-order valence-corrected chi connectivity index (χ1v) is 10.8. The van der Waals surface area contributed by atoms with Crippen LogP contribution in [0.15, 0.2) is 53.4 Å². The second-order valence-electron chi connectivity index (χ2n) is 6.80. The zero-order valence-corrected chi connectivity index (χ0v) is 17.3. The van der Waals surface area contributed by atoms with Gasteiger partial charge in [0, 0.05) is 0 Å². The minimum atomic E-state index is -3.62. The molecule has 0 saturated carbocycles. The van der Waals surface area contributed by atoms with Crippen LogP contribution in [-0.4, -0.2) is 32.2 Å². The largest absolute Gasteiger partial charge is 0.453 e. The van der Waals surface area contributed by atoms with E-state index in [2.05, 4.69) is 5.32 Å². The second kappa shape index (κ2) is 9.65. The van der Waals surface area contributed by atoms with Crippen LogP contribution in [0.4, 0.5) is 4.39 Å². The SMILES string of the molecule is Cc1ccc(S(=O)(=O)CCC(=O)O[C@@H](C)C(=O)N[C@@H](C)c2ccc(F)cc2)cc1. The van der Waals surface area contributed by atoms with E-state index in [1.54, 1.807) is 31.2 Å². The van der Waals surface area contributed by atoms with Gasteiger partial charge >= 0.3 is 5.97 Å². The van der Waals surface area contributed by atoms with Crippen molar-refractivity contribution in [1.29, 1.82) is 0 Å². The van der Waals surface area contributed by atoms with Crippen molar-refractivity contribution in [2.24, 2.45) is 0 Å². The molecule has 0 spiro atoms. The minimum absolute atomic E-state index is 0.134. The van der Waals surface area contributed by atoms with E-state index in [-0.39, 0.29) is 17.1 Å². The molecule has 1 N–H and O–H groups in total. The molecule has 6 nitrogen and oxygen atoms in total. The molecule has 0 saturated heterocycles. The van der Waals surface area contributed by atoms with Gasteiger partial charge in [0.15, 0.2) is 15.9 Å². The highest BCUT2D eigenvalue weighted by Gasteiger charge is 2.22. The summed E-state index contributed by atoms with van der Waals surface area (Å²) in [6.45, 7) is 4.96. The highest BCUT2D eigenvalue weighted by atomic mass is 32.2. The van der Waals surface area contributed by atoms with E-state index >= 15 is 0 Å². The fraction of sp³-hybridized carbons (Fsp3) is 0.333. The fourth-order valence-electron chi connectivity index (χ4n) is 2.56. The Balaban J connectivity index is 1.85. The molecule has 0 heterocycles. The van der Waals surface area contributed by atoms with Crippen LogP contribution in [0.25, 0.3) is 0 Å². The Kier molecular flexibility index (Phi) is 7.50. The van der Waals surface area contributed by atoms with Gasteiger partial charge in [-0.15, -0.1) is 0 Å². The van der Waals surface area contributed by atoms with Crippen molar-refractivity contribution in [1.82, 2.24) is 5.32 Å². The number of halogens is 1. The van der Waals surface area contributed by atoms with E-state index in [9.17, 15) is 22.4 Å². The number of esters is 1. The molecule has 0 fully saturated rings. The molecule has 156 valence electrons. The number of hydrogen-bond acceptors (Lipinski definition) is 5. The second-order valence-corrected chi connectivity index (χ2v) is 8.90. The molecule has 2 aromatic rings. The number of ether oxygens (including phenoxy) is 1. The normalized spacial score (nSPS) is 13.4. The summed E-state index contributed by atoms with van der Waals surface area (Å²) in [4.78, 5) is 24.3. The Labute approximate surface area is 170 Å². The van der Waals surface area contributed by atoms with Crippen molar-refractivity contribution in [2.75, 3.05) is 5.75 Å². The molecule has 0 radical (unpaired) electrons. The molecule has 0 aliphatic carbocycles. The Morgan fingerprint density at radius 2 is 1.62 bits per heavy atom. The summed E-state index contributed by atoms with van der Waals surface area (Å²) in [5.41, 5.74) is 1.63.